The van der Waals surface area contributed by atoms with Gasteiger partial charge in [-0.05, 0) is 82.3 Å². The Morgan fingerprint density at radius 3 is 1.47 bits per heavy atom. The summed E-state index contributed by atoms with van der Waals surface area (Å²) < 4.78 is 26.2. The molecule has 14 nitrogen and oxygen atoms in total. The zero-order valence-corrected chi connectivity index (χ0v) is 34.1. The quantitative estimate of drug-likeness (QED) is 0.107. The van der Waals surface area contributed by atoms with Crippen LogP contribution >= 0.6 is 0 Å². The molecule has 0 saturated carbocycles. The molecule has 4 N–H and O–H groups in total. The maximum absolute atomic E-state index is 16.5. The number of H-pyrrole nitrogens is 2. The van der Waals surface area contributed by atoms with Gasteiger partial charge in [0.1, 0.15) is 23.7 Å². The average Bonchev–Trinajstić information content (AvgIpc) is 4.18. The highest BCUT2D eigenvalue weighted by molar-refractivity contribution is 5.88. The van der Waals surface area contributed by atoms with Gasteiger partial charge in [0.2, 0.25) is 0 Å². The lowest BCUT2D eigenvalue weighted by atomic mass is 10.0. The Morgan fingerprint density at radius 1 is 0.645 bits per heavy atom. The molecule has 316 valence electrons. The van der Waals surface area contributed by atoms with Crippen LogP contribution in [0.5, 0.6) is 0 Å². The first-order valence-corrected chi connectivity index (χ1v) is 20.6. The van der Waals surface area contributed by atoms with Crippen LogP contribution in [0, 0.1) is 0 Å². The Morgan fingerprint density at radius 2 is 1.06 bits per heavy atom. The summed E-state index contributed by atoms with van der Waals surface area (Å²) in [6, 6.07) is 27.0. The van der Waals surface area contributed by atoms with Crippen molar-refractivity contribution in [2.75, 3.05) is 27.3 Å². The summed E-state index contributed by atoms with van der Waals surface area (Å²) in [5.74, 6) is 0.694. The van der Waals surface area contributed by atoms with E-state index >= 15 is 4.39 Å². The van der Waals surface area contributed by atoms with E-state index in [2.05, 4.69) is 30.6 Å². The van der Waals surface area contributed by atoms with Gasteiger partial charge in [0.05, 0.1) is 50.1 Å². The van der Waals surface area contributed by atoms with Crippen molar-refractivity contribution in [1.29, 1.82) is 0 Å². The maximum atomic E-state index is 16.5. The van der Waals surface area contributed by atoms with Gasteiger partial charge in [0.25, 0.3) is 11.8 Å². The van der Waals surface area contributed by atoms with Gasteiger partial charge >= 0.3 is 12.2 Å². The van der Waals surface area contributed by atoms with Crippen molar-refractivity contribution in [2.24, 2.45) is 0 Å². The SMILES string of the molecule is COC(=O)N[C@@H](C(=O)N1CCC[C@@H]1c1ncc(-c2ccc3c(c2)C(F)c2cc(-c4cnc([C@H]5CCCN5C(=O)[C@H](NC(=O)OC)c5ccccc5)[nH]4)ccc2-3)[nH]1)c1ccccc1. The fraction of sp³-hybridized carbons (Fsp3) is 0.277. The van der Waals surface area contributed by atoms with Crippen molar-refractivity contribution in [3.05, 3.63) is 143 Å². The fourth-order valence-electron chi connectivity index (χ4n) is 9.02. The van der Waals surface area contributed by atoms with Crippen LogP contribution in [0.2, 0.25) is 0 Å². The molecule has 62 heavy (non-hydrogen) atoms. The van der Waals surface area contributed by atoms with E-state index in [0.29, 0.717) is 71.2 Å². The van der Waals surface area contributed by atoms with Crippen molar-refractivity contribution in [3.8, 4) is 33.6 Å². The van der Waals surface area contributed by atoms with Crippen molar-refractivity contribution >= 4 is 24.0 Å². The molecule has 15 heteroatoms. The second-order valence-corrected chi connectivity index (χ2v) is 15.7. The number of amides is 4. The molecule has 1 aliphatic carbocycles. The van der Waals surface area contributed by atoms with E-state index < -0.39 is 30.4 Å². The summed E-state index contributed by atoms with van der Waals surface area (Å²) in [6.07, 6.45) is 3.52. The van der Waals surface area contributed by atoms with Crippen LogP contribution in [0.25, 0.3) is 33.6 Å². The number of hydrogen-bond donors (Lipinski definition) is 4. The van der Waals surface area contributed by atoms with E-state index in [4.69, 9.17) is 9.47 Å². The zero-order chi connectivity index (χ0) is 42.9. The molecule has 9 rings (SSSR count). The maximum Gasteiger partial charge on any atom is 0.407 e. The summed E-state index contributed by atoms with van der Waals surface area (Å²) in [5, 5.41) is 5.39. The number of hydrogen-bond acceptors (Lipinski definition) is 8. The van der Waals surface area contributed by atoms with Crippen molar-refractivity contribution in [2.45, 2.75) is 56.0 Å². The molecule has 6 aromatic rings. The Labute approximate surface area is 356 Å². The molecule has 4 amide bonds. The molecule has 0 bridgehead atoms. The summed E-state index contributed by atoms with van der Waals surface area (Å²) in [4.78, 5) is 72.2. The number of ether oxygens (including phenoxy) is 2. The van der Waals surface area contributed by atoms with Crippen LogP contribution in [0.3, 0.4) is 0 Å². The number of halogens is 1. The number of aromatic amines is 2. The van der Waals surface area contributed by atoms with Crippen molar-refractivity contribution in [3.63, 3.8) is 0 Å². The minimum absolute atomic E-state index is 0.263. The van der Waals surface area contributed by atoms with Gasteiger partial charge in [-0.25, -0.2) is 23.9 Å². The molecule has 0 unspecified atom stereocenters. The number of nitrogens with one attached hydrogen (secondary N) is 4. The molecule has 2 fully saturated rings. The minimum atomic E-state index is -1.38. The number of nitrogens with zero attached hydrogens (tertiary/aromatic N) is 4. The first-order valence-electron chi connectivity index (χ1n) is 20.6. The molecule has 4 aromatic carbocycles. The number of carbonyl (C=O) groups excluding carboxylic acids is 4. The number of aromatic nitrogens is 4. The average molecular weight is 837 g/mol. The monoisotopic (exact) mass is 836 g/mol. The lowest BCUT2D eigenvalue weighted by molar-refractivity contribution is -0.135. The highest BCUT2D eigenvalue weighted by Gasteiger charge is 2.39. The van der Waals surface area contributed by atoms with E-state index in [-0.39, 0.29) is 23.9 Å². The van der Waals surface area contributed by atoms with Crippen LogP contribution in [-0.2, 0) is 19.1 Å². The van der Waals surface area contributed by atoms with E-state index in [1.54, 1.807) is 46.5 Å². The third-order valence-electron chi connectivity index (χ3n) is 12.1. The topological polar surface area (TPSA) is 175 Å². The van der Waals surface area contributed by atoms with Crippen LogP contribution in [0.15, 0.2) is 109 Å². The van der Waals surface area contributed by atoms with Crippen LogP contribution in [-0.4, -0.2) is 81.0 Å². The third-order valence-corrected chi connectivity index (χ3v) is 12.1. The molecule has 2 aliphatic heterocycles. The number of rotatable bonds is 10. The second kappa shape index (κ2) is 17.0. The van der Waals surface area contributed by atoms with Gasteiger partial charge < -0.3 is 39.9 Å². The summed E-state index contributed by atoms with van der Waals surface area (Å²) in [6.45, 7) is 0.997. The number of imidazole rings is 2. The van der Waals surface area contributed by atoms with Gasteiger partial charge in [-0.2, -0.15) is 0 Å². The van der Waals surface area contributed by atoms with Crippen molar-refractivity contribution in [1.82, 2.24) is 40.4 Å². The summed E-state index contributed by atoms with van der Waals surface area (Å²) in [7, 11) is 2.52. The molecule has 4 heterocycles. The molecular weight excluding hydrogens is 792 g/mol. The lowest BCUT2D eigenvalue weighted by Crippen LogP contribution is -2.42. The Hall–Kier alpha value is -7.29. The Balaban J connectivity index is 0.914. The zero-order valence-electron chi connectivity index (χ0n) is 34.1. The standard InChI is InChI=1S/C47H45FN8O6/c1-61-46(59)53-40(27-11-5-3-6-12-27)44(57)55-21-9-15-37(55)42-49-25-35(51-42)29-17-19-31-32-20-18-30(24-34(32)39(48)33(31)23-29)36-26-50-43(52-36)38-16-10-22-56(38)45(58)41(54-47(60)62-2)28-13-7-4-8-14-28/h3-8,11-14,17-20,23-26,37-41H,9-10,15-16,21-22H2,1-2H3,(H,49,51)(H,50,52)(H,53,59)(H,54,60)/t37-,38-,40-,41-/m1/s1. The normalized spacial score (nSPS) is 17.9. The third kappa shape index (κ3) is 7.54. The number of alkyl halides is 1. The molecule has 2 aromatic heterocycles. The Bertz CT molecular complexity index is 2450. The lowest BCUT2D eigenvalue weighted by Gasteiger charge is -2.28. The van der Waals surface area contributed by atoms with Crippen molar-refractivity contribution < 1.29 is 33.0 Å². The largest absolute Gasteiger partial charge is 0.453 e. The van der Waals surface area contributed by atoms with E-state index in [1.165, 1.54) is 14.2 Å². The first-order chi connectivity index (χ1) is 30.2. The molecule has 2 saturated heterocycles. The van der Waals surface area contributed by atoms with Gasteiger partial charge in [-0.3, -0.25) is 9.59 Å². The molecule has 4 atom stereocenters. The predicted octanol–water partition coefficient (Wildman–Crippen LogP) is 8.03. The second-order valence-electron chi connectivity index (χ2n) is 15.7. The molecule has 3 aliphatic rings. The molecule has 0 radical (unpaired) electrons. The Kier molecular flexibility index (Phi) is 11.0. The van der Waals surface area contributed by atoms with E-state index in [0.717, 1.165) is 35.1 Å². The highest BCUT2D eigenvalue weighted by atomic mass is 19.1. The van der Waals surface area contributed by atoms with Crippen LogP contribution < -0.4 is 10.6 Å². The number of likely N-dealkylation sites (tertiary alicyclic amines) is 2. The van der Waals surface area contributed by atoms with Gasteiger partial charge in [0.15, 0.2) is 6.17 Å². The predicted molar refractivity (Wildman–Crippen MR) is 227 cm³/mol. The smallest absolute Gasteiger partial charge is 0.407 e. The number of fused-ring (bicyclic) bond motifs is 3. The summed E-state index contributed by atoms with van der Waals surface area (Å²) >= 11 is 0. The molecular formula is C47H45FN8O6. The van der Waals surface area contributed by atoms with Gasteiger partial charge in [0, 0.05) is 13.1 Å². The summed E-state index contributed by atoms with van der Waals surface area (Å²) in [5.41, 5.74) is 6.88. The minimum Gasteiger partial charge on any atom is -0.453 e. The van der Waals surface area contributed by atoms with E-state index in [9.17, 15) is 19.2 Å². The number of benzene rings is 4. The van der Waals surface area contributed by atoms with Crippen LogP contribution in [0.1, 0.15) is 89.9 Å². The van der Waals surface area contributed by atoms with Gasteiger partial charge in [-0.1, -0.05) is 84.9 Å². The van der Waals surface area contributed by atoms with Gasteiger partial charge in [-0.15, -0.1) is 0 Å². The first kappa shape index (κ1) is 40.1. The molecule has 0 spiro atoms. The number of carbonyl (C=O) groups is 4. The highest BCUT2D eigenvalue weighted by Crippen LogP contribution is 2.48. The van der Waals surface area contributed by atoms with E-state index in [1.807, 2.05) is 72.8 Å². The number of methoxy groups -OCH3 is 2. The fourth-order valence-corrected chi connectivity index (χ4v) is 9.02. The van der Waals surface area contributed by atoms with Crippen LogP contribution in [0.4, 0.5) is 14.0 Å². The number of alkyl carbamates (subject to hydrolysis) is 2.